The first-order valence-electron chi connectivity index (χ1n) is 13.9. The monoisotopic (exact) mass is 592 g/mol. The van der Waals surface area contributed by atoms with Crippen molar-refractivity contribution in [3.8, 4) is 0 Å². The molecule has 0 saturated carbocycles. The molecule has 4 N–H and O–H groups in total. The molecule has 13 heteroatoms. The molecular weight excluding hydrogens is 558 g/mol. The van der Waals surface area contributed by atoms with E-state index >= 15 is 0 Å². The third kappa shape index (κ3) is 6.42. The van der Waals surface area contributed by atoms with Crippen molar-refractivity contribution in [3.05, 3.63) is 101 Å². The number of piperidine rings is 1. The molecule has 0 aliphatic carbocycles. The zero-order valence-electron chi connectivity index (χ0n) is 23.9. The molecule has 0 amide bonds. The molecule has 11 nitrogen and oxygen atoms in total. The molecule has 3 aromatic heterocycles. The second kappa shape index (κ2) is 12.7. The van der Waals surface area contributed by atoms with E-state index in [1.807, 2.05) is 12.3 Å². The fraction of sp³-hybridized carbons (Fsp3) is 0.333. The Kier molecular flexibility index (Phi) is 8.83. The first-order chi connectivity index (χ1) is 20.4. The number of aryl methyl sites for hydroxylation is 1. The van der Waals surface area contributed by atoms with Crippen LogP contribution in [0.2, 0.25) is 0 Å². The van der Waals surface area contributed by atoms with E-state index in [0.29, 0.717) is 13.1 Å². The smallest absolute Gasteiger partial charge is 0.335 e. The number of rotatable bonds is 10. The molecule has 226 valence electrons. The predicted octanol–water partition coefficient (Wildman–Crippen LogP) is 4.64. The maximum Gasteiger partial charge on any atom is 0.335 e. The van der Waals surface area contributed by atoms with Gasteiger partial charge in [0.05, 0.1) is 53.6 Å². The lowest BCUT2D eigenvalue weighted by molar-refractivity contribution is 0.0666. The summed E-state index contributed by atoms with van der Waals surface area (Å²) >= 11 is 0. The van der Waals surface area contributed by atoms with Gasteiger partial charge in [-0.1, -0.05) is 0 Å². The van der Waals surface area contributed by atoms with Crippen LogP contribution in [0.3, 0.4) is 0 Å². The van der Waals surface area contributed by atoms with Crippen molar-refractivity contribution in [3.63, 3.8) is 0 Å². The zero-order valence-corrected chi connectivity index (χ0v) is 23.9. The van der Waals surface area contributed by atoms with Crippen molar-refractivity contribution < 1.29 is 23.5 Å². The van der Waals surface area contributed by atoms with Crippen LogP contribution in [-0.4, -0.2) is 58.1 Å². The van der Waals surface area contributed by atoms with Gasteiger partial charge < -0.3 is 25.2 Å². The Bertz CT molecular complexity index is 1720. The first-order valence-corrected chi connectivity index (χ1v) is 13.9. The van der Waals surface area contributed by atoms with Gasteiger partial charge in [0.15, 0.2) is 0 Å². The highest BCUT2D eigenvalue weighted by atomic mass is 19.1. The highest BCUT2D eigenvalue weighted by molar-refractivity contribution is 5.92. The minimum absolute atomic E-state index is 0. The van der Waals surface area contributed by atoms with E-state index in [1.54, 1.807) is 30.7 Å². The Labute approximate surface area is 246 Å². The van der Waals surface area contributed by atoms with Crippen LogP contribution in [0.4, 0.5) is 8.78 Å². The number of hydrogen-bond acceptors (Lipinski definition) is 7. The number of likely N-dealkylation sites (tertiary alicyclic amines) is 1. The minimum Gasteiger partial charge on any atom is -0.478 e. The van der Waals surface area contributed by atoms with Gasteiger partial charge in [-0.25, -0.2) is 23.5 Å². The number of aromatic nitrogens is 6. The van der Waals surface area contributed by atoms with Crippen molar-refractivity contribution in [2.24, 2.45) is 0 Å². The number of fused-ring (bicyclic) bond motifs is 1. The molecule has 0 atom stereocenters. The zero-order chi connectivity index (χ0) is 29.2. The molecular formula is C30H34F2N8O3. The summed E-state index contributed by atoms with van der Waals surface area (Å²) in [5.74, 6) is -1.12. The molecule has 1 aliphatic heterocycles. The Morgan fingerprint density at radius 2 is 1.91 bits per heavy atom. The van der Waals surface area contributed by atoms with E-state index < -0.39 is 17.6 Å². The summed E-state index contributed by atoms with van der Waals surface area (Å²) in [4.78, 5) is 30.1. The second-order valence-electron chi connectivity index (χ2n) is 10.5. The van der Waals surface area contributed by atoms with Gasteiger partial charge in [-0.15, -0.1) is 9.94 Å². The van der Waals surface area contributed by atoms with Gasteiger partial charge in [0.25, 0.3) is 0 Å². The molecule has 6 rings (SSSR count). The van der Waals surface area contributed by atoms with E-state index in [9.17, 15) is 18.7 Å². The van der Waals surface area contributed by atoms with Crippen LogP contribution in [-0.2, 0) is 26.2 Å². The first kappa shape index (κ1) is 29.9. The standard InChI is InChI=1S/C30H31F2N7O3.H3N/c1-2-37-19-33-15-24(37)16-38-28-13-21(30(40)41)4-6-27(28)34-29(38)17-36-10-7-20(8-11-36)26-9-12-39(35-26)42-18-22-3-5-23(31)14-25(22)32;/h3-6,9,12-15,19-20H,2,7-8,10-11,16-18H2,1H3,(H,40,41);1H3. The summed E-state index contributed by atoms with van der Waals surface area (Å²) in [6, 6.07) is 10.4. The number of hydrogen-bond donors (Lipinski definition) is 2. The van der Waals surface area contributed by atoms with Gasteiger partial charge in [0.2, 0.25) is 0 Å². The number of halogens is 2. The van der Waals surface area contributed by atoms with E-state index in [4.69, 9.17) is 9.82 Å². The van der Waals surface area contributed by atoms with Gasteiger partial charge >= 0.3 is 5.97 Å². The number of carboxylic acid groups (broad SMARTS) is 1. The molecule has 1 saturated heterocycles. The SMILES string of the molecule is CCn1cncc1Cn1c(CN2CCC(c3ccn(OCc4ccc(F)cc4F)n3)CC2)nc2ccc(C(=O)O)cc21.N. The number of benzene rings is 2. The number of nitrogens with zero attached hydrogens (tertiary/aromatic N) is 7. The van der Waals surface area contributed by atoms with Crippen LogP contribution < -0.4 is 11.0 Å². The van der Waals surface area contributed by atoms with E-state index in [2.05, 4.69) is 31.0 Å². The van der Waals surface area contributed by atoms with E-state index in [1.165, 1.54) is 17.0 Å². The van der Waals surface area contributed by atoms with Gasteiger partial charge in [-0.2, -0.15) is 0 Å². The molecule has 1 aliphatic rings. The molecule has 5 aromatic rings. The lowest BCUT2D eigenvalue weighted by Gasteiger charge is -2.31. The van der Waals surface area contributed by atoms with Gasteiger partial charge in [0, 0.05) is 30.3 Å². The third-order valence-electron chi connectivity index (χ3n) is 7.86. The topological polar surface area (TPSA) is 138 Å². The summed E-state index contributed by atoms with van der Waals surface area (Å²) in [5.41, 5.74) is 3.97. The maximum absolute atomic E-state index is 13.9. The molecule has 0 bridgehead atoms. The van der Waals surface area contributed by atoms with E-state index in [0.717, 1.165) is 66.8 Å². The van der Waals surface area contributed by atoms with Gasteiger partial charge in [0.1, 0.15) is 24.1 Å². The highest BCUT2D eigenvalue weighted by Gasteiger charge is 2.25. The maximum atomic E-state index is 13.9. The number of aromatic carboxylic acids is 1. The minimum atomic E-state index is -0.970. The summed E-state index contributed by atoms with van der Waals surface area (Å²) < 4.78 is 31.2. The normalized spacial score (nSPS) is 14.2. The van der Waals surface area contributed by atoms with Crippen LogP contribution in [0.25, 0.3) is 11.0 Å². The fourth-order valence-corrected chi connectivity index (χ4v) is 5.50. The average Bonchev–Trinajstić information content (AvgIpc) is 3.72. The van der Waals surface area contributed by atoms with Crippen molar-refractivity contribution in [1.82, 2.24) is 40.1 Å². The molecule has 1 fully saturated rings. The van der Waals surface area contributed by atoms with Crippen molar-refractivity contribution in [2.45, 2.75) is 51.9 Å². The average molecular weight is 593 g/mol. The Hall–Kier alpha value is -4.62. The fourth-order valence-electron chi connectivity index (χ4n) is 5.50. The predicted molar refractivity (Wildman–Crippen MR) is 155 cm³/mol. The molecule has 2 aromatic carbocycles. The van der Waals surface area contributed by atoms with Crippen LogP contribution in [0.1, 0.15) is 58.8 Å². The summed E-state index contributed by atoms with van der Waals surface area (Å²) in [6.45, 7) is 5.65. The Morgan fingerprint density at radius 1 is 1.09 bits per heavy atom. The van der Waals surface area contributed by atoms with Gasteiger partial charge in [-0.3, -0.25) is 4.90 Å². The largest absolute Gasteiger partial charge is 0.478 e. The summed E-state index contributed by atoms with van der Waals surface area (Å²) in [5, 5.41) is 14.1. The second-order valence-corrected chi connectivity index (χ2v) is 10.5. The van der Waals surface area contributed by atoms with Crippen LogP contribution >= 0.6 is 0 Å². The Balaban J connectivity index is 0.00000368. The van der Waals surface area contributed by atoms with Crippen molar-refractivity contribution in [1.29, 1.82) is 0 Å². The molecule has 4 heterocycles. The molecule has 0 spiro atoms. The third-order valence-corrected chi connectivity index (χ3v) is 7.86. The van der Waals surface area contributed by atoms with Crippen LogP contribution in [0.5, 0.6) is 0 Å². The quantitative estimate of drug-likeness (QED) is 0.239. The van der Waals surface area contributed by atoms with Crippen LogP contribution in [0, 0.1) is 11.6 Å². The summed E-state index contributed by atoms with van der Waals surface area (Å²) in [7, 11) is 0. The van der Waals surface area contributed by atoms with Gasteiger partial charge in [-0.05, 0) is 69.3 Å². The Morgan fingerprint density at radius 3 is 2.65 bits per heavy atom. The summed E-state index contributed by atoms with van der Waals surface area (Å²) in [6.07, 6.45) is 7.14. The highest BCUT2D eigenvalue weighted by Crippen LogP contribution is 2.28. The van der Waals surface area contributed by atoms with Crippen LogP contribution in [0.15, 0.2) is 61.2 Å². The van der Waals surface area contributed by atoms with Crippen molar-refractivity contribution in [2.75, 3.05) is 13.1 Å². The van der Waals surface area contributed by atoms with Crippen molar-refractivity contribution >= 4 is 17.0 Å². The molecule has 0 unspecified atom stereocenters. The van der Waals surface area contributed by atoms with E-state index in [-0.39, 0.29) is 29.8 Å². The number of carboxylic acids is 1. The molecule has 43 heavy (non-hydrogen) atoms. The number of imidazole rings is 2. The lowest BCUT2D eigenvalue weighted by Crippen LogP contribution is -2.33. The lowest BCUT2D eigenvalue weighted by atomic mass is 9.94. The number of carbonyl (C=O) groups is 1. The molecule has 0 radical (unpaired) electrons.